The minimum absolute atomic E-state index is 0.247. The Morgan fingerprint density at radius 2 is 1.35 bits per heavy atom. The highest BCUT2D eigenvalue weighted by molar-refractivity contribution is 7.48. The van der Waals surface area contributed by atoms with Gasteiger partial charge in [-0.05, 0) is 58.1 Å². The van der Waals surface area contributed by atoms with E-state index in [1.807, 2.05) is 12.1 Å². The van der Waals surface area contributed by atoms with E-state index in [9.17, 15) is 4.39 Å². The van der Waals surface area contributed by atoms with E-state index < -0.39 is 0 Å². The summed E-state index contributed by atoms with van der Waals surface area (Å²) in [6.07, 6.45) is 4.27. The van der Waals surface area contributed by atoms with Gasteiger partial charge in [0, 0.05) is 36.0 Å². The van der Waals surface area contributed by atoms with Gasteiger partial charge < -0.3 is 4.74 Å². The Morgan fingerprint density at radius 3 is 1.95 bits per heavy atom. The van der Waals surface area contributed by atoms with Gasteiger partial charge in [-0.2, -0.15) is 0 Å². The van der Waals surface area contributed by atoms with Crippen molar-refractivity contribution in [3.05, 3.63) is 166 Å². The van der Waals surface area contributed by atoms with Crippen molar-refractivity contribution < 1.29 is 9.13 Å². The number of ether oxygens (including phenoxy) is 1. The molecule has 2 unspecified atom stereocenters. The fourth-order valence-electron chi connectivity index (χ4n) is 5.48. The Labute approximate surface area is 257 Å². The summed E-state index contributed by atoms with van der Waals surface area (Å²) in [5.41, 5.74) is 8.13. The first-order valence-corrected chi connectivity index (χ1v) is 15.9. The summed E-state index contributed by atoms with van der Waals surface area (Å²) >= 11 is 0. The molecule has 0 fully saturated rings. The van der Waals surface area contributed by atoms with Gasteiger partial charge in [-0.3, -0.25) is 4.99 Å². The molecule has 0 bridgehead atoms. The molecule has 5 aromatic rings. The zero-order valence-electron chi connectivity index (χ0n) is 25.2. The lowest BCUT2D eigenvalue weighted by molar-refractivity contribution is 0.297. The van der Waals surface area contributed by atoms with Crippen molar-refractivity contribution in [1.82, 2.24) is 0 Å². The predicted octanol–water partition coefficient (Wildman–Crippen LogP) is 9.26. The topological polar surface area (TPSA) is 21.6 Å². The van der Waals surface area contributed by atoms with E-state index in [1.54, 1.807) is 25.4 Å². The number of halogens is 1. The molecule has 0 spiro atoms. The summed E-state index contributed by atoms with van der Waals surface area (Å²) in [5.74, 6) is 0.706. The second-order valence-corrected chi connectivity index (χ2v) is 13.1. The van der Waals surface area contributed by atoms with Gasteiger partial charge in [0.1, 0.15) is 18.2 Å². The van der Waals surface area contributed by atoms with E-state index in [0.29, 0.717) is 15.2 Å². The van der Waals surface area contributed by atoms with E-state index in [4.69, 9.17) is 4.74 Å². The second-order valence-electron chi connectivity index (χ2n) is 11.2. The van der Waals surface area contributed by atoms with Crippen molar-refractivity contribution in [2.24, 2.45) is 4.99 Å². The predicted molar refractivity (Wildman–Crippen MR) is 181 cm³/mol. The lowest BCUT2D eigenvalue weighted by atomic mass is 9.88. The molecule has 2 nitrogen and oxygen atoms in total. The molecule has 0 amide bonds. The van der Waals surface area contributed by atoms with E-state index in [1.165, 1.54) is 27.8 Å². The fraction of sp³-hybridized carbons (Fsp3) is 0.205. The van der Waals surface area contributed by atoms with Gasteiger partial charge in [0.15, 0.2) is 0 Å². The van der Waals surface area contributed by atoms with Crippen LogP contribution < -0.4 is 10.0 Å². The summed E-state index contributed by atoms with van der Waals surface area (Å²) in [4.78, 5) is 4.23. The van der Waals surface area contributed by atoms with Crippen LogP contribution in [-0.2, 0) is 24.6 Å². The van der Waals surface area contributed by atoms with Gasteiger partial charge in [-0.15, -0.1) is 0 Å². The quantitative estimate of drug-likeness (QED) is 0.105. The van der Waals surface area contributed by atoms with E-state index in [-0.39, 0.29) is 11.0 Å². The fourth-order valence-corrected chi connectivity index (χ4v) is 7.02. The molecule has 0 heterocycles. The van der Waals surface area contributed by atoms with Gasteiger partial charge in [0.05, 0.1) is 0 Å². The maximum absolute atomic E-state index is 14.3. The van der Waals surface area contributed by atoms with Crippen molar-refractivity contribution in [2.45, 2.75) is 44.9 Å². The van der Waals surface area contributed by atoms with Crippen LogP contribution in [0.2, 0.25) is 0 Å². The summed E-state index contributed by atoms with van der Waals surface area (Å²) < 4.78 is 21.1. The third-order valence-corrected chi connectivity index (χ3v) is 9.83. The van der Waals surface area contributed by atoms with Crippen molar-refractivity contribution >= 4 is 20.1 Å². The molecule has 5 rings (SSSR count). The highest BCUT2D eigenvalue weighted by atomic mass is 31.1. The lowest BCUT2D eigenvalue weighted by Gasteiger charge is -2.33. The van der Waals surface area contributed by atoms with E-state index >= 15 is 0 Å². The number of aliphatic imine (C=N–C) groups is 1. The highest BCUT2D eigenvalue weighted by Gasteiger charge is 2.31. The Morgan fingerprint density at radius 1 is 0.744 bits per heavy atom. The zero-order valence-corrected chi connectivity index (χ0v) is 26.2. The molecule has 0 N–H and O–H groups in total. The smallest absolute Gasteiger partial charge is 0.127 e. The van der Waals surface area contributed by atoms with Crippen LogP contribution in [0.1, 0.15) is 59.2 Å². The van der Waals surface area contributed by atoms with Crippen LogP contribution in [0.3, 0.4) is 0 Å². The molecule has 218 valence electrons. The first-order chi connectivity index (χ1) is 21.0. The maximum Gasteiger partial charge on any atom is 0.127 e. The van der Waals surface area contributed by atoms with E-state index in [0.717, 1.165) is 41.4 Å². The van der Waals surface area contributed by atoms with Crippen molar-refractivity contribution in [1.29, 1.82) is 0 Å². The van der Waals surface area contributed by atoms with Gasteiger partial charge in [-0.25, -0.2) is 4.39 Å². The number of nitrogens with zero attached hydrogens (tertiary/aromatic N) is 1. The lowest BCUT2D eigenvalue weighted by Crippen LogP contribution is -2.22. The third kappa shape index (κ3) is 7.86. The molecule has 43 heavy (non-hydrogen) atoms. The second kappa shape index (κ2) is 14.4. The Hall–Kier alpha value is -4.07. The molecule has 0 saturated carbocycles. The first kappa shape index (κ1) is 30.4. The highest BCUT2D eigenvalue weighted by Crippen LogP contribution is 2.49. The Kier molecular flexibility index (Phi) is 10.2. The summed E-state index contributed by atoms with van der Waals surface area (Å²) in [6, 6.07) is 41.3. The number of hydrogen-bond donors (Lipinski definition) is 0. The SMILES string of the molecule is CCC(C)(Pc1ccc(F)cc1/C=N/C)c1cc(Cc2ccccc2)cc(Cc2ccccc2)c1OCc1ccccc1. The summed E-state index contributed by atoms with van der Waals surface area (Å²) in [5, 5.41) is 0.849. The van der Waals surface area contributed by atoms with Crippen LogP contribution in [0.5, 0.6) is 5.75 Å². The molecule has 0 aliphatic carbocycles. The van der Waals surface area contributed by atoms with Gasteiger partial charge in [0.25, 0.3) is 0 Å². The van der Waals surface area contributed by atoms with Gasteiger partial charge >= 0.3 is 0 Å². The molecular weight excluding hydrogens is 548 g/mol. The Bertz CT molecular complexity index is 1650. The number of benzene rings is 5. The summed E-state index contributed by atoms with van der Waals surface area (Å²) in [6.45, 7) is 5.05. The van der Waals surface area contributed by atoms with E-state index in [2.05, 4.69) is 116 Å². The molecule has 0 radical (unpaired) electrons. The molecule has 2 atom stereocenters. The summed E-state index contributed by atoms with van der Waals surface area (Å²) in [7, 11) is 2.12. The molecule has 0 aliphatic heterocycles. The average Bonchev–Trinajstić information content (AvgIpc) is 3.03. The Balaban J connectivity index is 1.66. The molecular formula is C39H39FNOP. The van der Waals surface area contributed by atoms with Crippen LogP contribution in [0.15, 0.2) is 126 Å². The van der Waals surface area contributed by atoms with Crippen LogP contribution in [0.25, 0.3) is 0 Å². The standard InChI is InChI=1S/C39H39FNOP/c1-4-39(2,43-37-21-20-35(40)26-34(37)27-41-3)36-25-32(22-29-14-8-5-9-15-29)24-33(23-30-16-10-6-11-17-30)38(36)42-28-31-18-12-7-13-19-31/h5-21,24-27,43H,4,22-23,28H2,1-3H3/b41-27+. The van der Waals surface area contributed by atoms with Crippen molar-refractivity contribution in [2.75, 3.05) is 7.05 Å². The van der Waals surface area contributed by atoms with Gasteiger partial charge in [-0.1, -0.05) is 132 Å². The van der Waals surface area contributed by atoms with Crippen LogP contribution in [0.4, 0.5) is 4.39 Å². The van der Waals surface area contributed by atoms with Crippen molar-refractivity contribution in [3.63, 3.8) is 0 Å². The third-order valence-electron chi connectivity index (χ3n) is 7.93. The normalized spacial score (nSPS) is 13.0. The molecule has 4 heteroatoms. The van der Waals surface area contributed by atoms with Crippen molar-refractivity contribution in [3.8, 4) is 5.75 Å². The molecule has 0 aliphatic rings. The maximum atomic E-state index is 14.3. The largest absolute Gasteiger partial charge is 0.488 e. The molecule has 0 saturated heterocycles. The van der Waals surface area contributed by atoms with Gasteiger partial charge in [0.2, 0.25) is 0 Å². The zero-order chi connectivity index (χ0) is 30.1. The van der Waals surface area contributed by atoms with Crippen LogP contribution >= 0.6 is 8.58 Å². The van der Waals surface area contributed by atoms with Crippen LogP contribution in [-0.4, -0.2) is 13.3 Å². The minimum Gasteiger partial charge on any atom is -0.488 e. The molecule has 5 aromatic carbocycles. The monoisotopic (exact) mass is 587 g/mol. The first-order valence-electron chi connectivity index (χ1n) is 14.9. The minimum atomic E-state index is -0.252. The molecule has 0 aromatic heterocycles. The number of hydrogen-bond acceptors (Lipinski definition) is 2. The average molecular weight is 588 g/mol. The van der Waals surface area contributed by atoms with Crippen LogP contribution in [0, 0.1) is 5.82 Å². The number of rotatable bonds is 12.